The first-order valence-corrected chi connectivity index (χ1v) is 8.82. The number of hydrogen-bond donors (Lipinski definition) is 0. The minimum absolute atomic E-state index is 0.0202. The molecular formula is C19H10ClF3N2OS. The molecule has 1 aromatic carbocycles. The van der Waals surface area contributed by atoms with Crippen molar-refractivity contribution in [3.8, 4) is 16.5 Å². The summed E-state index contributed by atoms with van der Waals surface area (Å²) in [6, 6.07) is 14.1. The number of carbonyl (C=O) groups is 1. The molecule has 1 atom stereocenters. The smallest absolute Gasteiger partial charge is 0.291 e. The summed E-state index contributed by atoms with van der Waals surface area (Å²) in [5, 5.41) is 9.91. The highest BCUT2D eigenvalue weighted by Gasteiger charge is 2.32. The van der Waals surface area contributed by atoms with Crippen molar-refractivity contribution in [1.29, 1.82) is 5.26 Å². The molecule has 0 aliphatic heterocycles. The highest BCUT2D eigenvalue weighted by Crippen LogP contribution is 2.33. The predicted molar refractivity (Wildman–Crippen MR) is 96.7 cm³/mol. The average molecular weight is 407 g/mol. The van der Waals surface area contributed by atoms with Crippen molar-refractivity contribution in [3.63, 3.8) is 0 Å². The van der Waals surface area contributed by atoms with E-state index in [0.717, 1.165) is 22.6 Å². The minimum Gasteiger partial charge on any atom is -0.291 e. The normalized spacial score (nSPS) is 12.4. The number of aromatic nitrogens is 1. The molecule has 0 fully saturated rings. The number of pyridine rings is 1. The number of halogens is 4. The number of ketones is 1. The third-order valence-corrected chi connectivity index (χ3v) is 5.14. The predicted octanol–water partition coefficient (Wildman–Crippen LogP) is 5.97. The van der Waals surface area contributed by atoms with Gasteiger partial charge in [0.1, 0.15) is 0 Å². The van der Waals surface area contributed by atoms with E-state index in [1.807, 2.05) is 12.1 Å². The summed E-state index contributed by atoms with van der Waals surface area (Å²) < 4.78 is 37.9. The molecular weight excluding hydrogens is 397 g/mol. The van der Waals surface area contributed by atoms with Crippen LogP contribution < -0.4 is 0 Å². The van der Waals surface area contributed by atoms with Gasteiger partial charge in [-0.05, 0) is 42.0 Å². The largest absolute Gasteiger partial charge is 0.417 e. The standard InChI is InChI=1S/C19H10ClF3N2OS/c20-13-3-1-2-11(8-13)16-6-7-17(27-16)18(26)14(9-24)15-5-4-12(10-25-15)19(21,22)23/h1-8,10,14H. The lowest BCUT2D eigenvalue weighted by Gasteiger charge is -2.09. The quantitative estimate of drug-likeness (QED) is 0.501. The van der Waals surface area contributed by atoms with Gasteiger partial charge in [0.25, 0.3) is 0 Å². The van der Waals surface area contributed by atoms with Gasteiger partial charge < -0.3 is 0 Å². The van der Waals surface area contributed by atoms with Crippen LogP contribution in [-0.2, 0) is 6.18 Å². The van der Waals surface area contributed by atoms with E-state index in [0.29, 0.717) is 16.1 Å². The van der Waals surface area contributed by atoms with Gasteiger partial charge in [0.2, 0.25) is 0 Å². The maximum atomic E-state index is 12.7. The summed E-state index contributed by atoms with van der Waals surface area (Å²) in [5.41, 5.74) is -0.129. The fourth-order valence-corrected chi connectivity index (χ4v) is 3.57. The van der Waals surface area contributed by atoms with Crippen molar-refractivity contribution in [1.82, 2.24) is 4.98 Å². The number of thiophene rings is 1. The van der Waals surface area contributed by atoms with E-state index in [9.17, 15) is 23.2 Å². The number of Topliss-reactive ketones (excluding diaryl/α,β-unsaturated/α-hetero) is 1. The van der Waals surface area contributed by atoms with E-state index in [1.54, 1.807) is 30.3 Å². The van der Waals surface area contributed by atoms with Crippen LogP contribution in [0.15, 0.2) is 54.7 Å². The highest BCUT2D eigenvalue weighted by molar-refractivity contribution is 7.17. The van der Waals surface area contributed by atoms with Crippen LogP contribution in [0.25, 0.3) is 10.4 Å². The van der Waals surface area contributed by atoms with Gasteiger partial charge in [0, 0.05) is 16.1 Å². The lowest BCUT2D eigenvalue weighted by molar-refractivity contribution is -0.137. The average Bonchev–Trinajstić information content (AvgIpc) is 3.12. The molecule has 136 valence electrons. The van der Waals surface area contributed by atoms with Crippen LogP contribution in [0.3, 0.4) is 0 Å². The lowest BCUT2D eigenvalue weighted by atomic mass is 9.99. The fourth-order valence-electron chi connectivity index (χ4n) is 2.41. The van der Waals surface area contributed by atoms with Crippen molar-refractivity contribution >= 4 is 28.7 Å². The Morgan fingerprint density at radius 3 is 2.56 bits per heavy atom. The van der Waals surface area contributed by atoms with Crippen LogP contribution >= 0.6 is 22.9 Å². The van der Waals surface area contributed by atoms with Gasteiger partial charge in [0.15, 0.2) is 11.7 Å². The topological polar surface area (TPSA) is 53.8 Å². The molecule has 0 bridgehead atoms. The molecule has 0 saturated carbocycles. The third kappa shape index (κ3) is 4.18. The SMILES string of the molecule is N#CC(C(=O)c1ccc(-c2cccc(Cl)c2)s1)c1ccc(C(F)(F)F)cn1. The molecule has 2 heterocycles. The monoisotopic (exact) mass is 406 g/mol. The Labute approximate surface area is 161 Å². The van der Waals surface area contributed by atoms with Crippen molar-refractivity contribution in [2.24, 2.45) is 0 Å². The summed E-state index contributed by atoms with van der Waals surface area (Å²) >= 11 is 7.15. The van der Waals surface area contributed by atoms with Gasteiger partial charge in [-0.25, -0.2) is 0 Å². The summed E-state index contributed by atoms with van der Waals surface area (Å²) in [6.07, 6.45) is -3.91. The molecule has 3 nitrogen and oxygen atoms in total. The van der Waals surface area contributed by atoms with Gasteiger partial charge in [-0.1, -0.05) is 23.7 Å². The molecule has 0 aliphatic carbocycles. The van der Waals surface area contributed by atoms with Crippen LogP contribution in [0.2, 0.25) is 5.02 Å². The first-order chi connectivity index (χ1) is 12.8. The second kappa shape index (κ2) is 7.51. The first-order valence-electron chi connectivity index (χ1n) is 7.62. The second-order valence-electron chi connectivity index (χ2n) is 5.57. The van der Waals surface area contributed by atoms with Crippen LogP contribution in [-0.4, -0.2) is 10.8 Å². The molecule has 1 unspecified atom stereocenters. The maximum Gasteiger partial charge on any atom is 0.417 e. The number of hydrogen-bond acceptors (Lipinski definition) is 4. The summed E-state index contributed by atoms with van der Waals surface area (Å²) in [4.78, 5) is 17.4. The molecule has 0 radical (unpaired) electrons. The second-order valence-corrected chi connectivity index (χ2v) is 7.09. The summed E-state index contributed by atoms with van der Waals surface area (Å²) in [7, 11) is 0. The minimum atomic E-state index is -4.53. The Hall–Kier alpha value is -2.69. The van der Waals surface area contributed by atoms with Crippen molar-refractivity contribution in [2.45, 2.75) is 12.1 Å². The Balaban J connectivity index is 1.87. The Morgan fingerprint density at radius 1 is 1.19 bits per heavy atom. The van der Waals surface area contributed by atoms with Gasteiger partial charge in [-0.2, -0.15) is 18.4 Å². The van der Waals surface area contributed by atoms with E-state index in [2.05, 4.69) is 4.98 Å². The lowest BCUT2D eigenvalue weighted by Crippen LogP contribution is -2.13. The van der Waals surface area contributed by atoms with Crippen LogP contribution in [0.4, 0.5) is 13.2 Å². The van der Waals surface area contributed by atoms with E-state index in [-0.39, 0.29) is 5.69 Å². The molecule has 0 spiro atoms. The maximum absolute atomic E-state index is 12.7. The zero-order valence-electron chi connectivity index (χ0n) is 13.5. The van der Waals surface area contributed by atoms with E-state index in [4.69, 9.17) is 11.6 Å². The number of rotatable bonds is 4. The first kappa shape index (κ1) is 19.1. The zero-order valence-corrected chi connectivity index (χ0v) is 15.1. The van der Waals surface area contributed by atoms with E-state index >= 15 is 0 Å². The van der Waals surface area contributed by atoms with Crippen molar-refractivity contribution < 1.29 is 18.0 Å². The van der Waals surface area contributed by atoms with Crippen LogP contribution in [0, 0.1) is 11.3 Å². The molecule has 0 N–H and O–H groups in total. The summed E-state index contributed by atoms with van der Waals surface area (Å²) in [6.45, 7) is 0. The molecule has 0 aliphatic rings. The number of benzene rings is 1. The van der Waals surface area contributed by atoms with Gasteiger partial charge in [-0.15, -0.1) is 11.3 Å². The Morgan fingerprint density at radius 2 is 1.96 bits per heavy atom. The van der Waals surface area contributed by atoms with E-state index < -0.39 is 23.4 Å². The van der Waals surface area contributed by atoms with Gasteiger partial charge in [-0.3, -0.25) is 9.78 Å². The third-order valence-electron chi connectivity index (χ3n) is 3.76. The molecule has 0 amide bonds. The van der Waals surface area contributed by atoms with Crippen LogP contribution in [0.5, 0.6) is 0 Å². The molecule has 8 heteroatoms. The van der Waals surface area contributed by atoms with Crippen LogP contribution in [0.1, 0.15) is 26.8 Å². The van der Waals surface area contributed by atoms with Crippen molar-refractivity contribution in [3.05, 3.63) is 75.9 Å². The number of carbonyl (C=O) groups excluding carboxylic acids is 1. The zero-order chi connectivity index (χ0) is 19.6. The molecule has 0 saturated heterocycles. The number of nitriles is 1. The molecule has 27 heavy (non-hydrogen) atoms. The highest BCUT2D eigenvalue weighted by atomic mass is 35.5. The number of alkyl halides is 3. The molecule has 2 aromatic heterocycles. The fraction of sp³-hybridized carbons (Fsp3) is 0.105. The molecule has 3 rings (SSSR count). The van der Waals surface area contributed by atoms with Gasteiger partial charge in [0.05, 0.1) is 22.2 Å². The Kier molecular flexibility index (Phi) is 5.31. The van der Waals surface area contributed by atoms with Crippen molar-refractivity contribution in [2.75, 3.05) is 0 Å². The van der Waals surface area contributed by atoms with E-state index in [1.165, 1.54) is 11.3 Å². The van der Waals surface area contributed by atoms with Gasteiger partial charge >= 0.3 is 6.18 Å². The summed E-state index contributed by atoms with van der Waals surface area (Å²) in [5.74, 6) is -1.79. The molecule has 3 aromatic rings. The number of nitrogens with zero attached hydrogens (tertiary/aromatic N) is 2. The Bertz CT molecular complexity index is 1020.